The van der Waals surface area contributed by atoms with Gasteiger partial charge in [-0.25, -0.2) is 4.79 Å². The molecule has 1 saturated heterocycles. The number of imide groups is 1. The summed E-state index contributed by atoms with van der Waals surface area (Å²) in [5.41, 5.74) is 0.943. The van der Waals surface area contributed by atoms with Gasteiger partial charge in [0.05, 0.1) is 6.04 Å². The van der Waals surface area contributed by atoms with Crippen molar-refractivity contribution in [2.24, 2.45) is 0 Å². The van der Waals surface area contributed by atoms with Crippen LogP contribution in [0.4, 0.5) is 10.5 Å². The van der Waals surface area contributed by atoms with Crippen molar-refractivity contribution in [3.8, 4) is 5.75 Å². The molecule has 0 saturated carbocycles. The lowest BCUT2D eigenvalue weighted by molar-refractivity contribution is 0.00268. The third-order valence-corrected chi connectivity index (χ3v) is 6.54. The van der Waals surface area contributed by atoms with Crippen LogP contribution in [-0.4, -0.2) is 22.6 Å². The molecule has 156 valence electrons. The minimum absolute atomic E-state index is 0.347. The van der Waals surface area contributed by atoms with Crippen molar-refractivity contribution in [2.75, 3.05) is 4.90 Å². The van der Waals surface area contributed by atoms with E-state index in [1.807, 2.05) is 31.2 Å². The smallest absolute Gasteiger partial charge is 0.335 e. The number of amides is 3. The summed E-state index contributed by atoms with van der Waals surface area (Å²) in [5, 5.41) is 0.564. The summed E-state index contributed by atoms with van der Waals surface area (Å²) in [5.74, 6) is 0.321. The van der Waals surface area contributed by atoms with Crippen LogP contribution in [0.3, 0.4) is 0 Å². The fraction of sp³-hybridized carbons (Fsp3) is 0.167. The minimum atomic E-state index is -0.944. The van der Waals surface area contributed by atoms with Gasteiger partial charge in [-0.05, 0) is 61.5 Å². The number of hydrogen-bond donors (Lipinski definition) is 0. The van der Waals surface area contributed by atoms with Crippen LogP contribution in [0.1, 0.15) is 35.3 Å². The number of carbonyl (C=O) groups excluding carboxylic acids is 2. The highest BCUT2D eigenvalue weighted by Crippen LogP contribution is 2.49. The molecule has 2 atom stereocenters. The number of nitrogens with zero attached hydrogens (tertiary/aromatic N) is 2. The number of ether oxygens (including phenoxy) is 1. The summed E-state index contributed by atoms with van der Waals surface area (Å²) in [6, 6.07) is 20.7. The molecular formula is C24H18BrClN2O3. The lowest BCUT2D eigenvalue weighted by Gasteiger charge is -2.53. The van der Waals surface area contributed by atoms with Crippen molar-refractivity contribution < 1.29 is 14.3 Å². The third kappa shape index (κ3) is 3.30. The first-order valence-electron chi connectivity index (χ1n) is 9.84. The second-order valence-electron chi connectivity index (χ2n) is 7.81. The first-order chi connectivity index (χ1) is 14.9. The Morgan fingerprint density at radius 2 is 1.74 bits per heavy atom. The molecule has 2 aliphatic heterocycles. The zero-order chi connectivity index (χ0) is 21.8. The van der Waals surface area contributed by atoms with Crippen molar-refractivity contribution in [2.45, 2.75) is 25.1 Å². The Balaban J connectivity index is 1.66. The molecular weight excluding hydrogens is 480 g/mol. The molecule has 2 bridgehead atoms. The molecule has 0 spiro atoms. The van der Waals surface area contributed by atoms with Gasteiger partial charge < -0.3 is 4.74 Å². The summed E-state index contributed by atoms with van der Waals surface area (Å²) in [6.07, 6.45) is 0.445. The topological polar surface area (TPSA) is 49.9 Å². The molecule has 7 heteroatoms. The lowest BCUT2D eigenvalue weighted by Crippen LogP contribution is -2.67. The van der Waals surface area contributed by atoms with Crippen molar-refractivity contribution in [1.29, 1.82) is 0 Å². The van der Waals surface area contributed by atoms with Crippen LogP contribution in [0.15, 0.2) is 77.3 Å². The maximum atomic E-state index is 13.8. The number of urea groups is 1. The normalized spacial score (nSPS) is 22.0. The van der Waals surface area contributed by atoms with Gasteiger partial charge in [-0.15, -0.1) is 0 Å². The molecule has 0 unspecified atom stereocenters. The van der Waals surface area contributed by atoms with E-state index in [2.05, 4.69) is 15.9 Å². The van der Waals surface area contributed by atoms with Gasteiger partial charge in [-0.1, -0.05) is 45.7 Å². The van der Waals surface area contributed by atoms with E-state index in [0.29, 0.717) is 28.4 Å². The van der Waals surface area contributed by atoms with E-state index < -0.39 is 17.8 Å². The molecule has 5 nitrogen and oxygen atoms in total. The summed E-state index contributed by atoms with van der Waals surface area (Å²) in [7, 11) is 0. The Morgan fingerprint density at radius 3 is 2.45 bits per heavy atom. The van der Waals surface area contributed by atoms with Gasteiger partial charge in [0.1, 0.15) is 5.75 Å². The third-order valence-electron chi connectivity index (χ3n) is 5.76. The van der Waals surface area contributed by atoms with Crippen LogP contribution in [0, 0.1) is 0 Å². The highest BCUT2D eigenvalue weighted by molar-refractivity contribution is 9.10. The monoisotopic (exact) mass is 496 g/mol. The van der Waals surface area contributed by atoms with Gasteiger partial charge in [-0.3, -0.25) is 14.6 Å². The van der Waals surface area contributed by atoms with Gasteiger partial charge in [-0.2, -0.15) is 0 Å². The van der Waals surface area contributed by atoms with E-state index in [9.17, 15) is 9.59 Å². The number of fused-ring (bicyclic) bond motifs is 4. The average molecular weight is 498 g/mol. The van der Waals surface area contributed by atoms with Gasteiger partial charge in [0.25, 0.3) is 5.91 Å². The lowest BCUT2D eigenvalue weighted by atomic mass is 9.88. The van der Waals surface area contributed by atoms with E-state index in [0.717, 1.165) is 10.0 Å². The van der Waals surface area contributed by atoms with Crippen LogP contribution in [-0.2, 0) is 0 Å². The standard InChI is InChI=1S/C24H18BrClN2O3/c1-24-14-20(19-4-2-3-5-21(19)31-24)27(22(29)15-6-8-16(25)9-7-15)23(30)28(24)18-12-10-17(26)11-13-18/h2-13,20H,14H2,1H3/t20-,24+/m1/s1. The van der Waals surface area contributed by atoms with E-state index in [1.165, 1.54) is 4.90 Å². The first-order valence-corrected chi connectivity index (χ1v) is 11.0. The van der Waals surface area contributed by atoms with Crippen LogP contribution in [0.2, 0.25) is 5.02 Å². The molecule has 0 aromatic heterocycles. The number of rotatable bonds is 2. The molecule has 31 heavy (non-hydrogen) atoms. The predicted octanol–water partition coefficient (Wildman–Crippen LogP) is 6.42. The van der Waals surface area contributed by atoms with Crippen molar-refractivity contribution in [3.05, 3.63) is 93.4 Å². The summed E-state index contributed by atoms with van der Waals surface area (Å²) in [4.78, 5) is 30.3. The zero-order valence-electron chi connectivity index (χ0n) is 16.6. The van der Waals surface area contributed by atoms with E-state index in [1.54, 1.807) is 53.4 Å². The second-order valence-corrected chi connectivity index (χ2v) is 9.16. The van der Waals surface area contributed by atoms with E-state index >= 15 is 0 Å². The van der Waals surface area contributed by atoms with Crippen molar-refractivity contribution in [3.63, 3.8) is 0 Å². The molecule has 2 aliphatic rings. The molecule has 0 radical (unpaired) electrons. The highest BCUT2D eigenvalue weighted by Gasteiger charge is 2.55. The maximum Gasteiger partial charge on any atom is 0.335 e. The Morgan fingerprint density at radius 1 is 1.06 bits per heavy atom. The number of carbonyl (C=O) groups is 2. The van der Waals surface area contributed by atoms with E-state index in [-0.39, 0.29) is 5.91 Å². The molecule has 2 heterocycles. The zero-order valence-corrected chi connectivity index (χ0v) is 18.9. The van der Waals surface area contributed by atoms with Gasteiger partial charge in [0.2, 0.25) is 0 Å². The Bertz CT molecular complexity index is 1180. The molecule has 3 aromatic rings. The number of benzene rings is 3. The fourth-order valence-electron chi connectivity index (χ4n) is 4.34. The molecule has 0 aliphatic carbocycles. The molecule has 1 fully saturated rings. The fourth-order valence-corrected chi connectivity index (χ4v) is 4.73. The number of para-hydroxylation sites is 1. The Kier molecular flexibility index (Phi) is 4.79. The molecule has 5 rings (SSSR count). The van der Waals surface area contributed by atoms with E-state index in [4.69, 9.17) is 16.3 Å². The number of halogens is 2. The number of hydrogen-bond acceptors (Lipinski definition) is 3. The van der Waals surface area contributed by atoms with Crippen molar-refractivity contribution in [1.82, 2.24) is 4.90 Å². The minimum Gasteiger partial charge on any atom is -0.467 e. The quantitative estimate of drug-likeness (QED) is 0.410. The number of anilines is 1. The van der Waals surface area contributed by atoms with Gasteiger partial charge >= 0.3 is 6.03 Å². The van der Waals surface area contributed by atoms with Crippen LogP contribution < -0.4 is 9.64 Å². The maximum absolute atomic E-state index is 13.8. The summed E-state index contributed by atoms with van der Waals surface area (Å²) >= 11 is 9.45. The van der Waals surface area contributed by atoms with Gasteiger partial charge in [0.15, 0.2) is 5.72 Å². The van der Waals surface area contributed by atoms with Gasteiger partial charge in [0, 0.05) is 32.7 Å². The highest BCUT2D eigenvalue weighted by atomic mass is 79.9. The van der Waals surface area contributed by atoms with Crippen LogP contribution >= 0.6 is 27.5 Å². The molecule has 3 amide bonds. The molecule has 0 N–H and O–H groups in total. The van der Waals surface area contributed by atoms with Crippen LogP contribution in [0.25, 0.3) is 0 Å². The summed E-state index contributed by atoms with van der Waals surface area (Å²) < 4.78 is 7.20. The predicted molar refractivity (Wildman–Crippen MR) is 122 cm³/mol. The largest absolute Gasteiger partial charge is 0.467 e. The average Bonchev–Trinajstić information content (AvgIpc) is 2.75. The Labute approximate surface area is 193 Å². The SMILES string of the molecule is C[C@@]12C[C@H](c3ccccc3O1)N(C(=O)c1ccc(Br)cc1)C(=O)N2c1ccc(Cl)cc1. The van der Waals surface area contributed by atoms with Crippen LogP contribution in [0.5, 0.6) is 5.75 Å². The second kappa shape index (κ2) is 7.39. The Hall–Kier alpha value is -2.83. The molecule has 3 aromatic carbocycles. The summed E-state index contributed by atoms with van der Waals surface area (Å²) in [6.45, 7) is 1.88. The first kappa shape index (κ1) is 20.1. The van der Waals surface area contributed by atoms with Crippen molar-refractivity contribution >= 4 is 45.2 Å².